The first kappa shape index (κ1) is 15.6. The Bertz CT molecular complexity index is 857. The van der Waals surface area contributed by atoms with Gasteiger partial charge in [0.15, 0.2) is 5.65 Å². The van der Waals surface area contributed by atoms with Crippen molar-refractivity contribution < 1.29 is 0 Å². The molecule has 25 heavy (non-hydrogen) atoms. The van der Waals surface area contributed by atoms with Crippen molar-refractivity contribution in [1.82, 2.24) is 20.3 Å². The van der Waals surface area contributed by atoms with Gasteiger partial charge in [-0.3, -0.25) is 0 Å². The molecular formula is C18H21N7. The monoisotopic (exact) mass is 335 g/mol. The van der Waals surface area contributed by atoms with Crippen LogP contribution in [0.25, 0.3) is 11.0 Å². The number of hydrogen-bond donors (Lipinski definition) is 3. The number of nitrogens with zero attached hydrogens (tertiary/aromatic N) is 4. The minimum Gasteiger partial charge on any atom is -0.373 e. The fourth-order valence-corrected chi connectivity index (χ4v) is 2.92. The third-order valence-corrected chi connectivity index (χ3v) is 4.30. The van der Waals surface area contributed by atoms with Crippen molar-refractivity contribution in [2.45, 2.75) is 0 Å². The molecule has 7 heteroatoms. The lowest BCUT2D eigenvalue weighted by Crippen LogP contribution is -2.43. The van der Waals surface area contributed by atoms with Crippen molar-refractivity contribution in [3.8, 4) is 0 Å². The number of nitrogens with one attached hydrogen (secondary N) is 3. The second-order valence-electron chi connectivity index (χ2n) is 5.96. The van der Waals surface area contributed by atoms with Gasteiger partial charge in [0, 0.05) is 56.2 Å². The van der Waals surface area contributed by atoms with E-state index in [4.69, 9.17) is 0 Å². The summed E-state index contributed by atoms with van der Waals surface area (Å²) in [5, 5.41) is 10.6. The molecule has 0 atom stereocenters. The summed E-state index contributed by atoms with van der Waals surface area (Å²) < 4.78 is 0. The maximum atomic E-state index is 4.50. The van der Waals surface area contributed by atoms with Crippen LogP contribution in [0.5, 0.6) is 0 Å². The highest BCUT2D eigenvalue weighted by Gasteiger charge is 2.10. The molecule has 0 radical (unpaired) electrons. The van der Waals surface area contributed by atoms with Crippen LogP contribution >= 0.6 is 0 Å². The summed E-state index contributed by atoms with van der Waals surface area (Å²) in [6, 6.07) is 12.2. The van der Waals surface area contributed by atoms with Crippen molar-refractivity contribution in [3.63, 3.8) is 0 Å². The van der Waals surface area contributed by atoms with Crippen LogP contribution in [-0.2, 0) is 0 Å². The molecule has 0 spiro atoms. The second kappa shape index (κ2) is 6.90. The van der Waals surface area contributed by atoms with Crippen LogP contribution < -0.4 is 20.9 Å². The van der Waals surface area contributed by atoms with Crippen molar-refractivity contribution in [1.29, 1.82) is 0 Å². The van der Waals surface area contributed by atoms with Crippen LogP contribution in [0.4, 0.5) is 23.1 Å². The third-order valence-electron chi connectivity index (χ3n) is 4.30. The first-order valence-corrected chi connectivity index (χ1v) is 8.46. The Balaban J connectivity index is 1.52. The van der Waals surface area contributed by atoms with Crippen LogP contribution in [0.2, 0.25) is 0 Å². The average molecular weight is 335 g/mol. The van der Waals surface area contributed by atoms with E-state index >= 15 is 0 Å². The molecule has 3 N–H and O–H groups in total. The molecule has 0 unspecified atom stereocenters. The number of piperazine rings is 1. The third kappa shape index (κ3) is 3.46. The predicted octanol–water partition coefficient (Wildman–Crippen LogP) is 2.22. The van der Waals surface area contributed by atoms with Gasteiger partial charge in [0.1, 0.15) is 5.82 Å². The van der Waals surface area contributed by atoms with E-state index < -0.39 is 0 Å². The molecule has 1 fully saturated rings. The molecule has 0 aliphatic carbocycles. The molecule has 0 saturated carbocycles. The Morgan fingerprint density at radius 2 is 1.80 bits per heavy atom. The van der Waals surface area contributed by atoms with Gasteiger partial charge in [-0.1, -0.05) is 0 Å². The standard InChI is InChI=1S/C18H21N7/c1-19-16-7-2-13-12-21-18(24-17(13)23-16)22-14-3-5-15(6-4-14)25-10-8-20-9-11-25/h2-7,12,20H,8-11H2,1H3,(H2,19,21,22,23,24). The number of rotatable bonds is 4. The highest BCUT2D eigenvalue weighted by atomic mass is 15.2. The molecular weight excluding hydrogens is 314 g/mol. The quantitative estimate of drug-likeness (QED) is 0.675. The number of pyridine rings is 1. The van der Waals surface area contributed by atoms with E-state index in [0.717, 1.165) is 43.1 Å². The molecule has 0 bridgehead atoms. The summed E-state index contributed by atoms with van der Waals surface area (Å²) in [5.41, 5.74) is 2.87. The summed E-state index contributed by atoms with van der Waals surface area (Å²) in [4.78, 5) is 15.7. The van der Waals surface area contributed by atoms with Crippen LogP contribution in [0.15, 0.2) is 42.6 Å². The topological polar surface area (TPSA) is 78.0 Å². The van der Waals surface area contributed by atoms with Crippen molar-refractivity contribution in [2.24, 2.45) is 0 Å². The lowest BCUT2D eigenvalue weighted by Gasteiger charge is -2.29. The highest BCUT2D eigenvalue weighted by molar-refractivity contribution is 5.77. The molecule has 1 aliphatic heterocycles. The number of hydrogen-bond acceptors (Lipinski definition) is 7. The zero-order valence-electron chi connectivity index (χ0n) is 14.2. The smallest absolute Gasteiger partial charge is 0.229 e. The second-order valence-corrected chi connectivity index (χ2v) is 5.96. The molecule has 3 aromatic rings. The molecule has 4 rings (SSSR count). The van der Waals surface area contributed by atoms with Gasteiger partial charge in [-0.2, -0.15) is 4.98 Å². The minimum absolute atomic E-state index is 0.545. The summed E-state index contributed by atoms with van der Waals surface area (Å²) in [6.45, 7) is 4.15. The number of anilines is 4. The molecule has 128 valence electrons. The van der Waals surface area contributed by atoms with E-state index in [1.165, 1.54) is 5.69 Å². The van der Waals surface area contributed by atoms with Gasteiger partial charge in [-0.15, -0.1) is 0 Å². The van der Waals surface area contributed by atoms with E-state index in [1.807, 2.05) is 19.2 Å². The number of fused-ring (bicyclic) bond motifs is 1. The lowest BCUT2D eigenvalue weighted by molar-refractivity contribution is 0.589. The van der Waals surface area contributed by atoms with Crippen LogP contribution in [0.3, 0.4) is 0 Å². The van der Waals surface area contributed by atoms with Crippen LogP contribution in [-0.4, -0.2) is 48.2 Å². The predicted molar refractivity (Wildman–Crippen MR) is 102 cm³/mol. The van der Waals surface area contributed by atoms with Crippen molar-refractivity contribution in [3.05, 3.63) is 42.6 Å². The van der Waals surface area contributed by atoms with Gasteiger partial charge < -0.3 is 20.9 Å². The van der Waals surface area contributed by atoms with Gasteiger partial charge in [0.2, 0.25) is 5.95 Å². The SMILES string of the molecule is CNc1ccc2cnc(Nc3ccc(N4CCNCC4)cc3)nc2n1. The average Bonchev–Trinajstić information content (AvgIpc) is 2.68. The first-order valence-electron chi connectivity index (χ1n) is 8.46. The summed E-state index contributed by atoms with van der Waals surface area (Å²) in [7, 11) is 1.84. The Hall–Kier alpha value is -2.93. The van der Waals surface area contributed by atoms with E-state index in [0.29, 0.717) is 11.6 Å². The molecule has 2 aromatic heterocycles. The fraction of sp³-hybridized carbons (Fsp3) is 0.278. The zero-order chi connectivity index (χ0) is 17.1. The van der Waals surface area contributed by atoms with Crippen LogP contribution in [0.1, 0.15) is 0 Å². The number of benzene rings is 1. The van der Waals surface area contributed by atoms with E-state index in [9.17, 15) is 0 Å². The summed E-state index contributed by atoms with van der Waals surface area (Å²) >= 11 is 0. The lowest BCUT2D eigenvalue weighted by atomic mass is 10.2. The van der Waals surface area contributed by atoms with Gasteiger partial charge >= 0.3 is 0 Å². The molecule has 0 amide bonds. The van der Waals surface area contributed by atoms with Crippen molar-refractivity contribution in [2.75, 3.05) is 48.8 Å². The highest BCUT2D eigenvalue weighted by Crippen LogP contribution is 2.21. The van der Waals surface area contributed by atoms with E-state index in [1.54, 1.807) is 6.20 Å². The van der Waals surface area contributed by atoms with E-state index in [-0.39, 0.29) is 0 Å². The Labute approximate surface area is 146 Å². The summed E-state index contributed by atoms with van der Waals surface area (Å²) in [6.07, 6.45) is 1.78. The largest absolute Gasteiger partial charge is 0.373 e. The summed E-state index contributed by atoms with van der Waals surface area (Å²) in [5.74, 6) is 1.33. The Morgan fingerprint density at radius 3 is 2.56 bits per heavy atom. The Morgan fingerprint density at radius 1 is 1.00 bits per heavy atom. The van der Waals surface area contributed by atoms with Crippen molar-refractivity contribution >= 4 is 34.2 Å². The van der Waals surface area contributed by atoms with Gasteiger partial charge in [0.25, 0.3) is 0 Å². The Kier molecular flexibility index (Phi) is 4.30. The fourth-order valence-electron chi connectivity index (χ4n) is 2.92. The normalized spacial score (nSPS) is 14.5. The first-order chi connectivity index (χ1) is 12.3. The van der Waals surface area contributed by atoms with Gasteiger partial charge in [-0.25, -0.2) is 9.97 Å². The minimum atomic E-state index is 0.545. The van der Waals surface area contributed by atoms with Gasteiger partial charge in [0.05, 0.1) is 0 Å². The van der Waals surface area contributed by atoms with E-state index in [2.05, 4.69) is 60.1 Å². The molecule has 1 aliphatic rings. The molecule has 1 aromatic carbocycles. The molecule has 7 nitrogen and oxygen atoms in total. The maximum absolute atomic E-state index is 4.50. The molecule has 3 heterocycles. The zero-order valence-corrected chi connectivity index (χ0v) is 14.2. The van der Waals surface area contributed by atoms with Gasteiger partial charge in [-0.05, 0) is 36.4 Å². The maximum Gasteiger partial charge on any atom is 0.229 e. The number of aromatic nitrogens is 3. The molecule has 1 saturated heterocycles. The van der Waals surface area contributed by atoms with Crippen LogP contribution in [0, 0.1) is 0 Å².